The lowest BCUT2D eigenvalue weighted by molar-refractivity contribution is -0.137. The second-order valence-corrected chi connectivity index (χ2v) is 8.57. The Bertz CT molecular complexity index is 937. The first-order valence-electron chi connectivity index (χ1n) is 11.4. The molecule has 0 saturated heterocycles. The highest BCUT2D eigenvalue weighted by molar-refractivity contribution is 6.01. The van der Waals surface area contributed by atoms with Crippen LogP contribution in [0.4, 0.5) is 0 Å². The summed E-state index contributed by atoms with van der Waals surface area (Å²) in [5.41, 5.74) is 5.45. The molecule has 12 nitrogen and oxygen atoms in total. The second-order valence-electron chi connectivity index (χ2n) is 8.57. The second kappa shape index (κ2) is 13.3. The minimum absolute atomic E-state index is 0.0551. The highest BCUT2D eigenvalue weighted by Crippen LogP contribution is 2.18. The van der Waals surface area contributed by atoms with E-state index in [0.717, 1.165) is 6.54 Å². The van der Waals surface area contributed by atoms with Crippen LogP contribution < -0.4 is 26.4 Å². The molecule has 1 aromatic carbocycles. The van der Waals surface area contributed by atoms with Gasteiger partial charge in [0.15, 0.2) is 0 Å². The monoisotopic (exact) mass is 490 g/mol. The van der Waals surface area contributed by atoms with Crippen LogP contribution in [0.25, 0.3) is 0 Å². The summed E-state index contributed by atoms with van der Waals surface area (Å²) in [4.78, 5) is 66.3. The van der Waals surface area contributed by atoms with Crippen molar-refractivity contribution in [2.24, 2.45) is 5.73 Å². The molecular weight excluding hydrogens is 456 g/mol. The van der Waals surface area contributed by atoms with Crippen LogP contribution in [0.1, 0.15) is 29.6 Å². The Balaban J connectivity index is 2.30. The fraction of sp³-hybridized carbons (Fsp3) is 0.522. The first kappa shape index (κ1) is 27.6. The molecule has 0 saturated carbocycles. The van der Waals surface area contributed by atoms with Gasteiger partial charge in [-0.15, -0.1) is 0 Å². The van der Waals surface area contributed by atoms with Gasteiger partial charge < -0.3 is 36.2 Å². The Morgan fingerprint density at radius 3 is 2.60 bits per heavy atom. The Morgan fingerprint density at radius 1 is 1.20 bits per heavy atom. The van der Waals surface area contributed by atoms with Crippen LogP contribution in [0.3, 0.4) is 0 Å². The lowest BCUT2D eigenvalue weighted by Gasteiger charge is -2.26. The van der Waals surface area contributed by atoms with E-state index < -0.39 is 54.5 Å². The largest absolute Gasteiger partial charge is 0.491 e. The van der Waals surface area contributed by atoms with Crippen LogP contribution in [0.5, 0.6) is 5.75 Å². The van der Waals surface area contributed by atoms with Crippen molar-refractivity contribution in [1.82, 2.24) is 25.8 Å². The lowest BCUT2D eigenvalue weighted by atomic mass is 10.1. The maximum atomic E-state index is 13.0. The number of nitrogens with two attached hydrogens (primary N) is 1. The predicted octanol–water partition coefficient (Wildman–Crippen LogP) is -1.55. The molecule has 1 aliphatic rings. The number of para-hydroxylation sites is 1. The van der Waals surface area contributed by atoms with Gasteiger partial charge in [0.25, 0.3) is 5.91 Å². The maximum absolute atomic E-state index is 13.0. The molecule has 35 heavy (non-hydrogen) atoms. The van der Waals surface area contributed by atoms with E-state index in [1.807, 2.05) is 19.0 Å². The highest BCUT2D eigenvalue weighted by atomic mass is 16.5. The van der Waals surface area contributed by atoms with Crippen LogP contribution >= 0.6 is 0 Å². The Morgan fingerprint density at radius 2 is 1.91 bits per heavy atom. The number of likely N-dealkylation sites (N-methyl/N-ethyl adjacent to an activating group) is 1. The molecule has 0 aliphatic carbocycles. The quantitative estimate of drug-likeness (QED) is 0.336. The van der Waals surface area contributed by atoms with Crippen molar-refractivity contribution in [2.45, 2.75) is 31.3 Å². The maximum Gasteiger partial charge on any atom is 0.255 e. The SMILES string of the molecule is CN(C)CCCNC(=O)[C@@H]1CC(=O)N[C@@H](CC(N)=O)C(=O)N(C)CCOc2ccccc2C(=O)N1. The lowest BCUT2D eigenvalue weighted by Crippen LogP contribution is -2.53. The summed E-state index contributed by atoms with van der Waals surface area (Å²) in [6.45, 7) is 1.28. The Labute approximate surface area is 204 Å². The molecule has 0 spiro atoms. The third-order valence-corrected chi connectivity index (χ3v) is 5.32. The van der Waals surface area contributed by atoms with Crippen LogP contribution in [-0.4, -0.2) is 98.8 Å². The summed E-state index contributed by atoms with van der Waals surface area (Å²) in [5.74, 6) is -2.85. The molecule has 0 radical (unpaired) electrons. The molecule has 12 heteroatoms. The number of hydrogen-bond donors (Lipinski definition) is 4. The predicted molar refractivity (Wildman–Crippen MR) is 127 cm³/mol. The van der Waals surface area contributed by atoms with Crippen molar-refractivity contribution in [3.63, 3.8) is 0 Å². The molecule has 0 fully saturated rings. The number of carbonyl (C=O) groups excluding carboxylic acids is 5. The van der Waals surface area contributed by atoms with Crippen molar-refractivity contribution in [2.75, 3.05) is 47.4 Å². The minimum Gasteiger partial charge on any atom is -0.491 e. The van der Waals surface area contributed by atoms with Gasteiger partial charge in [-0.1, -0.05) is 12.1 Å². The van der Waals surface area contributed by atoms with Gasteiger partial charge in [-0.05, 0) is 39.2 Å². The molecule has 2 rings (SSSR count). The number of carbonyl (C=O) groups is 5. The minimum atomic E-state index is -1.22. The van der Waals surface area contributed by atoms with Crippen molar-refractivity contribution in [3.8, 4) is 5.75 Å². The number of ether oxygens (including phenoxy) is 1. The number of nitrogens with one attached hydrogen (secondary N) is 3. The topological polar surface area (TPSA) is 163 Å². The van der Waals surface area contributed by atoms with Crippen LogP contribution in [0.2, 0.25) is 0 Å². The number of amides is 5. The molecule has 2 atom stereocenters. The van der Waals surface area contributed by atoms with E-state index in [-0.39, 0.29) is 24.5 Å². The highest BCUT2D eigenvalue weighted by Gasteiger charge is 2.30. The Kier molecular flexibility index (Phi) is 10.5. The smallest absolute Gasteiger partial charge is 0.255 e. The average molecular weight is 491 g/mol. The summed E-state index contributed by atoms with van der Waals surface area (Å²) in [5, 5.41) is 7.79. The van der Waals surface area contributed by atoms with Gasteiger partial charge in [-0.2, -0.15) is 0 Å². The van der Waals surface area contributed by atoms with E-state index in [1.54, 1.807) is 24.3 Å². The number of nitrogens with zero attached hydrogens (tertiary/aromatic N) is 2. The van der Waals surface area contributed by atoms with Gasteiger partial charge in [0.2, 0.25) is 23.6 Å². The summed E-state index contributed by atoms with van der Waals surface area (Å²) in [6, 6.07) is 4.05. The van der Waals surface area contributed by atoms with E-state index in [9.17, 15) is 24.0 Å². The fourth-order valence-corrected chi connectivity index (χ4v) is 3.46. The summed E-state index contributed by atoms with van der Waals surface area (Å²) >= 11 is 0. The zero-order chi connectivity index (χ0) is 26.0. The molecular formula is C23H34N6O6. The third-order valence-electron chi connectivity index (χ3n) is 5.32. The van der Waals surface area contributed by atoms with Crippen molar-refractivity contribution in [3.05, 3.63) is 29.8 Å². The summed E-state index contributed by atoms with van der Waals surface area (Å²) in [6.07, 6.45) is -0.184. The molecule has 192 valence electrons. The van der Waals surface area contributed by atoms with Gasteiger partial charge in [-0.3, -0.25) is 24.0 Å². The van der Waals surface area contributed by atoms with Gasteiger partial charge in [0, 0.05) is 13.6 Å². The zero-order valence-corrected chi connectivity index (χ0v) is 20.3. The van der Waals surface area contributed by atoms with E-state index in [4.69, 9.17) is 10.5 Å². The summed E-state index contributed by atoms with van der Waals surface area (Å²) < 4.78 is 5.72. The molecule has 5 amide bonds. The van der Waals surface area contributed by atoms with Crippen molar-refractivity contribution in [1.29, 1.82) is 0 Å². The van der Waals surface area contributed by atoms with Crippen LogP contribution in [-0.2, 0) is 19.2 Å². The number of benzene rings is 1. The van der Waals surface area contributed by atoms with Gasteiger partial charge in [-0.25, -0.2) is 0 Å². The van der Waals surface area contributed by atoms with Crippen molar-refractivity contribution >= 4 is 29.5 Å². The standard InChI is InChI=1S/C23H34N6O6/c1-28(2)10-6-9-25-22(33)16-14-20(31)26-17(13-19(24)30)23(34)29(3)11-12-35-18-8-5-4-7-15(18)21(32)27-16/h4-5,7-8,16-17H,6,9-14H2,1-3H3,(H2,24,30)(H,25,33)(H,26,31)(H,27,32)/t16-,17-/m0/s1. The van der Waals surface area contributed by atoms with Gasteiger partial charge in [0.05, 0.1) is 24.9 Å². The first-order valence-corrected chi connectivity index (χ1v) is 11.4. The molecule has 1 aromatic rings. The van der Waals surface area contributed by atoms with Crippen LogP contribution in [0, 0.1) is 0 Å². The molecule has 1 heterocycles. The number of primary amides is 1. The third kappa shape index (κ3) is 8.89. The number of hydrogen-bond acceptors (Lipinski definition) is 7. The Hall–Kier alpha value is -3.67. The molecule has 5 N–H and O–H groups in total. The van der Waals surface area contributed by atoms with E-state index >= 15 is 0 Å². The fourth-order valence-electron chi connectivity index (χ4n) is 3.46. The normalized spacial score (nSPS) is 19.7. The van der Waals surface area contributed by atoms with Crippen LogP contribution in [0.15, 0.2) is 24.3 Å². The van der Waals surface area contributed by atoms with E-state index in [0.29, 0.717) is 13.0 Å². The summed E-state index contributed by atoms with van der Waals surface area (Å²) in [7, 11) is 5.32. The zero-order valence-electron chi connectivity index (χ0n) is 20.3. The molecule has 0 aromatic heterocycles. The number of fused-ring (bicyclic) bond motifs is 1. The van der Waals surface area contributed by atoms with Crippen molar-refractivity contribution < 1.29 is 28.7 Å². The molecule has 1 aliphatic heterocycles. The first-order chi connectivity index (χ1) is 16.6. The van der Waals surface area contributed by atoms with Gasteiger partial charge in [0.1, 0.15) is 24.4 Å². The van der Waals surface area contributed by atoms with E-state index in [1.165, 1.54) is 11.9 Å². The van der Waals surface area contributed by atoms with E-state index in [2.05, 4.69) is 16.0 Å². The molecule has 0 unspecified atom stereocenters. The molecule has 0 bridgehead atoms. The average Bonchev–Trinajstić information content (AvgIpc) is 2.79. The van der Waals surface area contributed by atoms with Gasteiger partial charge >= 0.3 is 0 Å². The number of rotatable bonds is 7.